The molecule has 0 amide bonds. The van der Waals surface area contributed by atoms with Gasteiger partial charge in [0.2, 0.25) is 0 Å². The van der Waals surface area contributed by atoms with Gasteiger partial charge in [-0.25, -0.2) is 0 Å². The molecule has 1 aliphatic rings. The molecule has 1 N–H and O–H groups in total. The van der Waals surface area contributed by atoms with Crippen LogP contribution in [0, 0.1) is 0 Å². The lowest BCUT2D eigenvalue weighted by molar-refractivity contribution is 0.198. The van der Waals surface area contributed by atoms with E-state index in [4.69, 9.17) is 4.74 Å². The summed E-state index contributed by atoms with van der Waals surface area (Å²) in [5, 5.41) is 9.72. The van der Waals surface area contributed by atoms with Gasteiger partial charge >= 0.3 is 0 Å². The van der Waals surface area contributed by atoms with E-state index in [0.29, 0.717) is 0 Å². The molecule has 0 bridgehead atoms. The number of rotatable bonds is 7. The van der Waals surface area contributed by atoms with Gasteiger partial charge in [0.25, 0.3) is 0 Å². The highest BCUT2D eigenvalue weighted by Crippen LogP contribution is 2.31. The summed E-state index contributed by atoms with van der Waals surface area (Å²) in [6.45, 7) is 6.07. The fraction of sp³-hybridized carbons (Fsp3) is 0.625. The number of hydrogen-bond acceptors (Lipinski definition) is 3. The molecule has 3 heteroatoms. The van der Waals surface area contributed by atoms with E-state index in [2.05, 4.69) is 17.9 Å². The number of methoxy groups -OCH3 is 1. The molecule has 0 saturated heterocycles. The van der Waals surface area contributed by atoms with Crippen molar-refractivity contribution in [3.63, 3.8) is 0 Å². The molecule has 0 heterocycles. The van der Waals surface area contributed by atoms with Crippen molar-refractivity contribution in [1.82, 2.24) is 4.90 Å². The van der Waals surface area contributed by atoms with Gasteiger partial charge < -0.3 is 9.84 Å². The molecule has 1 aromatic carbocycles. The molecule has 19 heavy (non-hydrogen) atoms. The van der Waals surface area contributed by atoms with E-state index in [1.165, 1.54) is 24.8 Å². The lowest BCUT2D eigenvalue weighted by Crippen LogP contribution is -2.26. The van der Waals surface area contributed by atoms with Gasteiger partial charge in [0.15, 0.2) is 0 Å². The summed E-state index contributed by atoms with van der Waals surface area (Å²) < 4.78 is 5.45. The van der Waals surface area contributed by atoms with Gasteiger partial charge in [-0.3, -0.25) is 4.90 Å². The lowest BCUT2D eigenvalue weighted by Gasteiger charge is -2.23. The Morgan fingerprint density at radius 1 is 1.42 bits per heavy atom. The topological polar surface area (TPSA) is 32.7 Å². The van der Waals surface area contributed by atoms with Crippen LogP contribution in [0.4, 0.5) is 0 Å². The van der Waals surface area contributed by atoms with Gasteiger partial charge in [-0.15, -0.1) is 0 Å². The normalized spacial score (nSPS) is 16.7. The third-order valence-corrected chi connectivity index (χ3v) is 3.73. The van der Waals surface area contributed by atoms with Crippen LogP contribution in [0.15, 0.2) is 18.2 Å². The molecule has 1 saturated carbocycles. The van der Waals surface area contributed by atoms with Crippen molar-refractivity contribution in [3.8, 4) is 5.75 Å². The van der Waals surface area contributed by atoms with Crippen LogP contribution in [0.5, 0.6) is 5.75 Å². The van der Waals surface area contributed by atoms with E-state index in [1.54, 1.807) is 14.0 Å². The molecule has 1 aromatic rings. The van der Waals surface area contributed by atoms with Gasteiger partial charge in [-0.2, -0.15) is 0 Å². The van der Waals surface area contributed by atoms with Gasteiger partial charge in [0.1, 0.15) is 5.75 Å². The van der Waals surface area contributed by atoms with Gasteiger partial charge in [-0.05, 0) is 50.4 Å². The fourth-order valence-electron chi connectivity index (χ4n) is 2.52. The van der Waals surface area contributed by atoms with Crippen LogP contribution in [0.25, 0.3) is 0 Å². The first kappa shape index (κ1) is 14.4. The fourth-order valence-corrected chi connectivity index (χ4v) is 2.52. The standard InChI is InChI=1S/C16H25NO2/c1-4-9-17(15-6-7-15)11-14-10-13(12(2)18)5-8-16(14)19-3/h5,8,10,12,15,18H,4,6-7,9,11H2,1-3H3. The SMILES string of the molecule is CCCN(Cc1cc(C(C)O)ccc1OC)C1CC1. The predicted octanol–water partition coefficient (Wildman–Crippen LogP) is 3.12. The van der Waals surface area contributed by atoms with Crippen molar-refractivity contribution in [2.45, 2.75) is 51.8 Å². The minimum absolute atomic E-state index is 0.426. The van der Waals surface area contributed by atoms with E-state index in [-0.39, 0.29) is 0 Å². The minimum atomic E-state index is -0.426. The van der Waals surface area contributed by atoms with Crippen LogP contribution >= 0.6 is 0 Å². The van der Waals surface area contributed by atoms with Crippen LogP contribution in [0.2, 0.25) is 0 Å². The second kappa shape index (κ2) is 6.40. The van der Waals surface area contributed by atoms with Crippen molar-refractivity contribution in [3.05, 3.63) is 29.3 Å². The predicted molar refractivity (Wildman–Crippen MR) is 77.4 cm³/mol. The zero-order chi connectivity index (χ0) is 13.8. The Morgan fingerprint density at radius 2 is 2.16 bits per heavy atom. The summed E-state index contributed by atoms with van der Waals surface area (Å²) in [4.78, 5) is 2.53. The molecule has 2 rings (SSSR count). The van der Waals surface area contributed by atoms with Crippen molar-refractivity contribution in [1.29, 1.82) is 0 Å². The van der Waals surface area contributed by atoms with E-state index < -0.39 is 6.10 Å². The summed E-state index contributed by atoms with van der Waals surface area (Å²) in [6, 6.07) is 6.73. The third-order valence-electron chi connectivity index (χ3n) is 3.73. The smallest absolute Gasteiger partial charge is 0.123 e. The van der Waals surface area contributed by atoms with E-state index in [1.807, 2.05) is 12.1 Å². The average molecular weight is 263 g/mol. The summed E-state index contributed by atoms with van der Waals surface area (Å²) in [7, 11) is 1.71. The van der Waals surface area contributed by atoms with Crippen molar-refractivity contribution in [2.75, 3.05) is 13.7 Å². The van der Waals surface area contributed by atoms with Crippen molar-refractivity contribution >= 4 is 0 Å². The number of hydrogen-bond donors (Lipinski definition) is 1. The van der Waals surface area contributed by atoms with Crippen LogP contribution in [-0.2, 0) is 6.54 Å². The molecule has 0 spiro atoms. The zero-order valence-electron chi connectivity index (χ0n) is 12.2. The van der Waals surface area contributed by atoms with E-state index in [9.17, 15) is 5.11 Å². The molecule has 106 valence electrons. The molecule has 3 nitrogen and oxygen atoms in total. The Morgan fingerprint density at radius 3 is 2.68 bits per heavy atom. The maximum absolute atomic E-state index is 9.72. The van der Waals surface area contributed by atoms with E-state index in [0.717, 1.165) is 30.4 Å². The molecule has 1 aliphatic carbocycles. The molecule has 1 unspecified atom stereocenters. The summed E-state index contributed by atoms with van der Waals surface area (Å²) in [5.74, 6) is 0.922. The van der Waals surface area contributed by atoms with Gasteiger partial charge in [0, 0.05) is 18.2 Å². The highest BCUT2D eigenvalue weighted by molar-refractivity contribution is 5.38. The van der Waals surface area contributed by atoms with Crippen LogP contribution in [0.3, 0.4) is 0 Å². The summed E-state index contributed by atoms with van der Waals surface area (Å²) in [5.41, 5.74) is 2.14. The number of aliphatic hydroxyl groups is 1. The zero-order valence-corrected chi connectivity index (χ0v) is 12.2. The second-order valence-electron chi connectivity index (χ2n) is 5.45. The molecule has 0 radical (unpaired) electrons. The first-order valence-electron chi connectivity index (χ1n) is 7.24. The molecular weight excluding hydrogens is 238 g/mol. The maximum Gasteiger partial charge on any atom is 0.123 e. The number of ether oxygens (including phenoxy) is 1. The highest BCUT2D eigenvalue weighted by Gasteiger charge is 2.28. The summed E-state index contributed by atoms with van der Waals surface area (Å²) in [6.07, 6.45) is 3.39. The first-order chi connectivity index (χ1) is 9.15. The molecule has 1 atom stereocenters. The van der Waals surface area contributed by atoms with Gasteiger partial charge in [0.05, 0.1) is 13.2 Å². The molecule has 0 aliphatic heterocycles. The van der Waals surface area contributed by atoms with Crippen LogP contribution in [0.1, 0.15) is 50.3 Å². The molecule has 0 aromatic heterocycles. The quantitative estimate of drug-likeness (QED) is 0.820. The monoisotopic (exact) mass is 263 g/mol. The van der Waals surface area contributed by atoms with E-state index >= 15 is 0 Å². The Hall–Kier alpha value is -1.06. The minimum Gasteiger partial charge on any atom is -0.496 e. The number of benzene rings is 1. The van der Waals surface area contributed by atoms with Crippen molar-refractivity contribution in [2.24, 2.45) is 0 Å². The third kappa shape index (κ3) is 3.71. The maximum atomic E-state index is 9.72. The Kier molecular flexibility index (Phi) is 4.83. The second-order valence-corrected chi connectivity index (χ2v) is 5.45. The number of aliphatic hydroxyl groups excluding tert-OH is 1. The lowest BCUT2D eigenvalue weighted by atomic mass is 10.1. The molecule has 1 fully saturated rings. The van der Waals surface area contributed by atoms with Gasteiger partial charge in [-0.1, -0.05) is 13.0 Å². The Bertz CT molecular complexity index is 413. The first-order valence-corrected chi connectivity index (χ1v) is 7.24. The molecular formula is C16H25NO2. The van der Waals surface area contributed by atoms with Crippen LogP contribution in [-0.4, -0.2) is 29.7 Å². The Labute approximate surface area is 116 Å². The van der Waals surface area contributed by atoms with Crippen molar-refractivity contribution < 1.29 is 9.84 Å². The highest BCUT2D eigenvalue weighted by atomic mass is 16.5. The average Bonchev–Trinajstić information content (AvgIpc) is 3.22. The number of nitrogens with zero attached hydrogens (tertiary/aromatic N) is 1. The summed E-state index contributed by atoms with van der Waals surface area (Å²) >= 11 is 0. The van der Waals surface area contributed by atoms with Crippen LogP contribution < -0.4 is 4.74 Å². The Balaban J connectivity index is 2.17. The largest absolute Gasteiger partial charge is 0.496 e.